The monoisotopic (exact) mass is 346 g/mol. The summed E-state index contributed by atoms with van der Waals surface area (Å²) in [5.41, 5.74) is 1.25. The summed E-state index contributed by atoms with van der Waals surface area (Å²) >= 11 is 5.95. The molecule has 0 bridgehead atoms. The van der Waals surface area contributed by atoms with Crippen molar-refractivity contribution in [1.82, 2.24) is 4.90 Å². The second-order valence-electron chi connectivity index (χ2n) is 5.94. The van der Waals surface area contributed by atoms with Crippen LogP contribution in [0.2, 0.25) is 5.02 Å². The number of likely N-dealkylation sites (tertiary alicyclic amines) is 1. The highest BCUT2D eigenvalue weighted by atomic mass is 35.5. The van der Waals surface area contributed by atoms with Crippen LogP contribution in [0.15, 0.2) is 29.4 Å². The lowest BCUT2D eigenvalue weighted by Crippen LogP contribution is -2.46. The first-order valence-electron chi connectivity index (χ1n) is 8.04. The Hall–Kier alpha value is -2.19. The Bertz CT molecular complexity index is 712. The first kappa shape index (κ1) is 16.7. The van der Waals surface area contributed by atoms with Crippen molar-refractivity contribution in [3.8, 4) is 11.8 Å². The molecule has 1 fully saturated rings. The largest absolute Gasteiger partial charge is 0.450 e. The van der Waals surface area contributed by atoms with Crippen molar-refractivity contribution < 1.29 is 14.4 Å². The Balaban J connectivity index is 1.57. The first-order chi connectivity index (χ1) is 11.6. The zero-order valence-corrected chi connectivity index (χ0v) is 14.3. The van der Waals surface area contributed by atoms with Gasteiger partial charge in [0.15, 0.2) is 0 Å². The third kappa shape index (κ3) is 3.82. The molecular formula is C18H19ClN2O3. The van der Waals surface area contributed by atoms with Crippen LogP contribution in [0, 0.1) is 11.8 Å². The normalized spacial score (nSPS) is 18.4. The maximum atomic E-state index is 11.8. The molecule has 0 atom stereocenters. The fraction of sp³-hybridized carbons (Fsp3) is 0.444. The molecule has 5 nitrogen and oxygen atoms in total. The fourth-order valence-corrected chi connectivity index (χ4v) is 3.07. The van der Waals surface area contributed by atoms with Gasteiger partial charge in [0.05, 0.1) is 6.61 Å². The Kier molecular flexibility index (Phi) is 4.96. The van der Waals surface area contributed by atoms with Gasteiger partial charge in [0.1, 0.15) is 11.3 Å². The Morgan fingerprint density at radius 1 is 1.42 bits per heavy atom. The summed E-state index contributed by atoms with van der Waals surface area (Å²) in [6.45, 7) is 3.43. The van der Waals surface area contributed by atoms with Crippen LogP contribution in [0.5, 0.6) is 0 Å². The van der Waals surface area contributed by atoms with Gasteiger partial charge in [-0.05, 0) is 31.0 Å². The number of oxime groups is 1. The van der Waals surface area contributed by atoms with Crippen molar-refractivity contribution in [2.75, 3.05) is 19.7 Å². The number of halogens is 1. The lowest BCUT2D eigenvalue weighted by molar-refractivity contribution is -0.0591. The van der Waals surface area contributed by atoms with E-state index in [9.17, 15) is 4.79 Å². The average Bonchev–Trinajstić information content (AvgIpc) is 2.97. The Morgan fingerprint density at radius 3 is 2.92 bits per heavy atom. The molecular weight excluding hydrogens is 328 g/mol. The summed E-state index contributed by atoms with van der Waals surface area (Å²) in [5.74, 6) is 6.13. The van der Waals surface area contributed by atoms with Gasteiger partial charge in [0, 0.05) is 42.9 Å². The molecule has 1 aromatic carbocycles. The van der Waals surface area contributed by atoms with E-state index in [-0.39, 0.29) is 11.7 Å². The van der Waals surface area contributed by atoms with Crippen LogP contribution in [0.25, 0.3) is 0 Å². The molecule has 0 aliphatic carbocycles. The predicted octanol–water partition coefficient (Wildman–Crippen LogP) is 3.46. The molecule has 0 saturated carbocycles. The summed E-state index contributed by atoms with van der Waals surface area (Å²) in [5, 5.41) is 4.79. The number of piperidine rings is 1. The van der Waals surface area contributed by atoms with E-state index in [0.29, 0.717) is 31.1 Å². The molecule has 2 aliphatic rings. The van der Waals surface area contributed by atoms with Crippen molar-refractivity contribution in [3.05, 3.63) is 34.9 Å². The summed E-state index contributed by atoms with van der Waals surface area (Å²) in [7, 11) is 0. The standard InChI is InChI=1S/C18H19ClN2O3/c1-2-23-17(22)21-10-8-18(9-11-21)13-16(20-24-18)7-6-14-4-3-5-15(19)12-14/h3-5,12H,2,8-11,13H2,1H3. The number of nitrogens with zero attached hydrogens (tertiary/aromatic N) is 2. The zero-order chi connectivity index (χ0) is 17.0. The second-order valence-corrected chi connectivity index (χ2v) is 6.37. The highest BCUT2D eigenvalue weighted by Crippen LogP contribution is 2.34. The number of carbonyl (C=O) groups is 1. The minimum atomic E-state index is -0.332. The van der Waals surface area contributed by atoms with E-state index < -0.39 is 0 Å². The van der Waals surface area contributed by atoms with E-state index in [1.165, 1.54) is 0 Å². The topological polar surface area (TPSA) is 51.1 Å². The lowest BCUT2D eigenvalue weighted by Gasteiger charge is -2.36. The highest BCUT2D eigenvalue weighted by Gasteiger charge is 2.42. The summed E-state index contributed by atoms with van der Waals surface area (Å²) < 4.78 is 5.04. The number of hydrogen-bond acceptors (Lipinski definition) is 4. The minimum absolute atomic E-state index is 0.257. The molecule has 1 aromatic rings. The van der Waals surface area contributed by atoms with Gasteiger partial charge in [-0.2, -0.15) is 0 Å². The Labute approximate surface area is 146 Å². The molecule has 0 radical (unpaired) electrons. The maximum Gasteiger partial charge on any atom is 0.409 e. The van der Waals surface area contributed by atoms with Crippen LogP contribution in [0.3, 0.4) is 0 Å². The van der Waals surface area contributed by atoms with Gasteiger partial charge in [0.25, 0.3) is 0 Å². The smallest absolute Gasteiger partial charge is 0.409 e. The van der Waals surface area contributed by atoms with Crippen molar-refractivity contribution in [2.45, 2.75) is 31.8 Å². The third-order valence-electron chi connectivity index (χ3n) is 4.22. The van der Waals surface area contributed by atoms with Gasteiger partial charge in [-0.3, -0.25) is 0 Å². The van der Waals surface area contributed by atoms with Crippen molar-refractivity contribution in [2.24, 2.45) is 5.16 Å². The summed E-state index contributed by atoms with van der Waals surface area (Å²) in [6.07, 6.45) is 1.89. The van der Waals surface area contributed by atoms with Gasteiger partial charge in [-0.15, -0.1) is 0 Å². The number of amides is 1. The zero-order valence-electron chi connectivity index (χ0n) is 13.5. The fourth-order valence-electron chi connectivity index (χ4n) is 2.88. The molecule has 0 aromatic heterocycles. The van der Waals surface area contributed by atoms with Crippen LogP contribution in [0.1, 0.15) is 31.7 Å². The molecule has 126 valence electrons. The van der Waals surface area contributed by atoms with Crippen molar-refractivity contribution in [3.63, 3.8) is 0 Å². The number of ether oxygens (including phenoxy) is 1. The van der Waals surface area contributed by atoms with Crippen LogP contribution in [0.4, 0.5) is 4.79 Å². The summed E-state index contributed by atoms with van der Waals surface area (Å²) in [4.78, 5) is 19.1. The minimum Gasteiger partial charge on any atom is -0.450 e. The highest BCUT2D eigenvalue weighted by molar-refractivity contribution is 6.30. The number of rotatable bonds is 1. The quantitative estimate of drug-likeness (QED) is 0.732. The molecule has 24 heavy (non-hydrogen) atoms. The van der Waals surface area contributed by atoms with Crippen LogP contribution >= 0.6 is 11.6 Å². The SMILES string of the molecule is CCOC(=O)N1CCC2(CC1)CC(C#Cc1cccc(Cl)c1)=NO2. The molecule has 0 N–H and O–H groups in total. The second kappa shape index (κ2) is 7.14. The maximum absolute atomic E-state index is 11.8. The van der Waals surface area contributed by atoms with Gasteiger partial charge in [0.2, 0.25) is 0 Å². The molecule has 2 aliphatic heterocycles. The predicted molar refractivity (Wildman–Crippen MR) is 92.0 cm³/mol. The van der Waals surface area contributed by atoms with Crippen molar-refractivity contribution in [1.29, 1.82) is 0 Å². The molecule has 3 rings (SSSR count). The average molecular weight is 347 g/mol. The Morgan fingerprint density at radius 2 is 2.21 bits per heavy atom. The molecule has 1 saturated heterocycles. The van der Waals surface area contributed by atoms with E-state index in [1.54, 1.807) is 4.90 Å². The van der Waals surface area contributed by atoms with Crippen LogP contribution in [-0.2, 0) is 9.57 Å². The number of carbonyl (C=O) groups excluding carboxylic acids is 1. The van der Waals surface area contributed by atoms with Gasteiger partial charge in [-0.25, -0.2) is 4.79 Å². The molecule has 6 heteroatoms. The lowest BCUT2D eigenvalue weighted by atomic mass is 9.87. The first-order valence-corrected chi connectivity index (χ1v) is 8.42. The number of hydrogen-bond donors (Lipinski definition) is 0. The van der Waals surface area contributed by atoms with Gasteiger partial charge < -0.3 is 14.5 Å². The van der Waals surface area contributed by atoms with E-state index in [4.69, 9.17) is 21.2 Å². The van der Waals surface area contributed by atoms with Gasteiger partial charge >= 0.3 is 6.09 Å². The van der Waals surface area contributed by atoms with Crippen molar-refractivity contribution >= 4 is 23.4 Å². The van der Waals surface area contributed by atoms with E-state index in [2.05, 4.69) is 17.0 Å². The molecule has 1 spiro atoms. The van der Waals surface area contributed by atoms with E-state index >= 15 is 0 Å². The number of benzene rings is 1. The molecule has 1 amide bonds. The third-order valence-corrected chi connectivity index (χ3v) is 4.45. The van der Waals surface area contributed by atoms with Gasteiger partial charge in [-0.1, -0.05) is 28.7 Å². The van der Waals surface area contributed by atoms with E-state index in [0.717, 1.165) is 24.1 Å². The molecule has 0 unspecified atom stereocenters. The molecule has 2 heterocycles. The van der Waals surface area contributed by atoms with Crippen LogP contribution < -0.4 is 0 Å². The van der Waals surface area contributed by atoms with E-state index in [1.807, 2.05) is 31.2 Å². The summed E-state index contributed by atoms with van der Waals surface area (Å²) in [6, 6.07) is 7.41. The van der Waals surface area contributed by atoms with Crippen LogP contribution in [-0.4, -0.2) is 42.0 Å².